The SMILES string of the molecule is Fc1cc(-c2ccn[nH]2)c(Cl)cc1Cl. The van der Waals surface area contributed by atoms with Gasteiger partial charge in [-0.25, -0.2) is 4.39 Å². The Morgan fingerprint density at radius 2 is 2.00 bits per heavy atom. The summed E-state index contributed by atoms with van der Waals surface area (Å²) < 4.78 is 13.1. The van der Waals surface area contributed by atoms with E-state index in [0.717, 1.165) is 0 Å². The number of H-pyrrole nitrogens is 1. The second-order valence-electron chi connectivity index (χ2n) is 2.72. The molecule has 5 heteroatoms. The standard InChI is InChI=1S/C9H5Cl2FN2/c10-6-4-7(11)8(12)3-5(6)9-1-2-13-14-9/h1-4H,(H,13,14). The van der Waals surface area contributed by atoms with Crippen molar-refractivity contribution in [3.05, 3.63) is 40.3 Å². The molecule has 0 aliphatic carbocycles. The van der Waals surface area contributed by atoms with Crippen LogP contribution in [-0.2, 0) is 0 Å². The molecule has 0 unspecified atom stereocenters. The van der Waals surface area contributed by atoms with E-state index in [1.54, 1.807) is 12.3 Å². The molecule has 0 aliphatic rings. The first-order valence-corrected chi connectivity index (χ1v) is 4.58. The first-order valence-electron chi connectivity index (χ1n) is 3.83. The van der Waals surface area contributed by atoms with Crippen molar-refractivity contribution >= 4 is 23.2 Å². The average molecular weight is 231 g/mol. The van der Waals surface area contributed by atoms with E-state index in [4.69, 9.17) is 23.2 Å². The minimum atomic E-state index is -0.499. The number of hydrogen-bond acceptors (Lipinski definition) is 1. The Kier molecular flexibility index (Phi) is 2.44. The van der Waals surface area contributed by atoms with Crippen molar-refractivity contribution < 1.29 is 4.39 Å². The molecule has 1 aromatic heterocycles. The smallest absolute Gasteiger partial charge is 0.142 e. The van der Waals surface area contributed by atoms with Gasteiger partial charge in [-0.3, -0.25) is 5.10 Å². The molecule has 0 saturated carbocycles. The third kappa shape index (κ3) is 1.61. The normalized spacial score (nSPS) is 10.5. The first kappa shape index (κ1) is 9.49. The van der Waals surface area contributed by atoms with Crippen LogP contribution in [0.2, 0.25) is 10.0 Å². The quantitative estimate of drug-likeness (QED) is 0.747. The third-order valence-electron chi connectivity index (χ3n) is 1.80. The molecule has 0 fully saturated rings. The Hall–Kier alpha value is -1.06. The van der Waals surface area contributed by atoms with Gasteiger partial charge in [0.25, 0.3) is 0 Å². The van der Waals surface area contributed by atoms with Gasteiger partial charge >= 0.3 is 0 Å². The number of benzene rings is 1. The monoisotopic (exact) mass is 230 g/mol. The summed E-state index contributed by atoms with van der Waals surface area (Å²) in [6.07, 6.45) is 1.57. The molecule has 0 radical (unpaired) electrons. The van der Waals surface area contributed by atoms with Crippen LogP contribution in [0, 0.1) is 5.82 Å². The molecule has 0 amide bonds. The number of aromatic nitrogens is 2. The van der Waals surface area contributed by atoms with Gasteiger partial charge in [-0.05, 0) is 18.2 Å². The minimum Gasteiger partial charge on any atom is -0.278 e. The highest BCUT2D eigenvalue weighted by molar-refractivity contribution is 6.36. The molecule has 2 aromatic rings. The van der Waals surface area contributed by atoms with Crippen LogP contribution >= 0.6 is 23.2 Å². The van der Waals surface area contributed by atoms with Gasteiger partial charge in [-0.15, -0.1) is 0 Å². The van der Waals surface area contributed by atoms with Crippen molar-refractivity contribution in [2.24, 2.45) is 0 Å². The van der Waals surface area contributed by atoms with Crippen LogP contribution in [0.25, 0.3) is 11.3 Å². The van der Waals surface area contributed by atoms with E-state index >= 15 is 0 Å². The molecule has 2 nitrogen and oxygen atoms in total. The topological polar surface area (TPSA) is 28.7 Å². The molecular weight excluding hydrogens is 226 g/mol. The summed E-state index contributed by atoms with van der Waals surface area (Å²) in [5.74, 6) is -0.499. The summed E-state index contributed by atoms with van der Waals surface area (Å²) >= 11 is 11.5. The maximum absolute atomic E-state index is 13.1. The molecule has 0 atom stereocenters. The molecule has 2 rings (SSSR count). The fourth-order valence-electron chi connectivity index (χ4n) is 1.13. The van der Waals surface area contributed by atoms with Gasteiger partial charge in [0, 0.05) is 11.8 Å². The second kappa shape index (κ2) is 3.59. The molecule has 14 heavy (non-hydrogen) atoms. The fourth-order valence-corrected chi connectivity index (χ4v) is 1.62. The maximum Gasteiger partial charge on any atom is 0.142 e. The molecule has 0 aliphatic heterocycles. The number of aromatic amines is 1. The predicted octanol–water partition coefficient (Wildman–Crippen LogP) is 3.52. The molecule has 0 saturated heterocycles. The zero-order valence-corrected chi connectivity index (χ0v) is 8.40. The minimum absolute atomic E-state index is 0.0123. The van der Waals surface area contributed by atoms with Gasteiger partial charge in [0.15, 0.2) is 0 Å². The number of hydrogen-bond donors (Lipinski definition) is 1. The number of nitrogens with zero attached hydrogens (tertiary/aromatic N) is 1. The molecule has 1 heterocycles. The molecular formula is C9H5Cl2FN2. The number of nitrogens with one attached hydrogen (secondary N) is 1. The van der Waals surface area contributed by atoms with Crippen molar-refractivity contribution in [3.8, 4) is 11.3 Å². The van der Waals surface area contributed by atoms with Crippen LogP contribution in [0.5, 0.6) is 0 Å². The summed E-state index contributed by atoms with van der Waals surface area (Å²) in [7, 11) is 0. The van der Waals surface area contributed by atoms with E-state index in [1.807, 2.05) is 0 Å². The zero-order chi connectivity index (χ0) is 10.1. The van der Waals surface area contributed by atoms with Gasteiger partial charge in [0.2, 0.25) is 0 Å². The van der Waals surface area contributed by atoms with Crippen molar-refractivity contribution in [2.45, 2.75) is 0 Å². The highest BCUT2D eigenvalue weighted by atomic mass is 35.5. The Morgan fingerprint density at radius 3 is 2.64 bits per heavy atom. The van der Waals surface area contributed by atoms with Crippen LogP contribution in [0.3, 0.4) is 0 Å². The van der Waals surface area contributed by atoms with Gasteiger partial charge in [-0.1, -0.05) is 23.2 Å². The van der Waals surface area contributed by atoms with Crippen molar-refractivity contribution in [1.82, 2.24) is 10.2 Å². The van der Waals surface area contributed by atoms with Gasteiger partial charge in [-0.2, -0.15) is 5.10 Å². The van der Waals surface area contributed by atoms with Crippen LogP contribution in [0.4, 0.5) is 4.39 Å². The Morgan fingerprint density at radius 1 is 1.21 bits per heavy atom. The summed E-state index contributed by atoms with van der Waals surface area (Å²) in [6.45, 7) is 0. The Balaban J connectivity index is 2.60. The lowest BCUT2D eigenvalue weighted by atomic mass is 10.1. The third-order valence-corrected chi connectivity index (χ3v) is 2.40. The van der Waals surface area contributed by atoms with Gasteiger partial charge in [0.1, 0.15) is 5.82 Å². The van der Waals surface area contributed by atoms with Crippen molar-refractivity contribution in [3.63, 3.8) is 0 Å². The Labute approximate surface area is 89.7 Å². The summed E-state index contributed by atoms with van der Waals surface area (Å²) in [4.78, 5) is 0. The number of halogens is 3. The van der Waals surface area contributed by atoms with Crippen molar-refractivity contribution in [2.75, 3.05) is 0 Å². The van der Waals surface area contributed by atoms with E-state index in [9.17, 15) is 4.39 Å². The number of rotatable bonds is 1. The highest BCUT2D eigenvalue weighted by Crippen LogP contribution is 2.30. The average Bonchev–Trinajstić information content (AvgIpc) is 2.64. The fraction of sp³-hybridized carbons (Fsp3) is 0. The molecule has 1 aromatic carbocycles. The summed E-state index contributed by atoms with van der Waals surface area (Å²) in [5.41, 5.74) is 1.21. The van der Waals surface area contributed by atoms with E-state index in [0.29, 0.717) is 16.3 Å². The van der Waals surface area contributed by atoms with E-state index in [2.05, 4.69) is 10.2 Å². The highest BCUT2D eigenvalue weighted by Gasteiger charge is 2.09. The molecule has 72 valence electrons. The second-order valence-corrected chi connectivity index (χ2v) is 3.53. The van der Waals surface area contributed by atoms with Crippen LogP contribution < -0.4 is 0 Å². The predicted molar refractivity (Wildman–Crippen MR) is 54.0 cm³/mol. The molecule has 0 bridgehead atoms. The van der Waals surface area contributed by atoms with Crippen LogP contribution in [-0.4, -0.2) is 10.2 Å². The van der Waals surface area contributed by atoms with Gasteiger partial charge < -0.3 is 0 Å². The lowest BCUT2D eigenvalue weighted by molar-refractivity contribution is 0.628. The molecule has 0 spiro atoms. The lowest BCUT2D eigenvalue weighted by Gasteiger charge is -2.02. The van der Waals surface area contributed by atoms with Gasteiger partial charge in [0.05, 0.1) is 15.7 Å². The largest absolute Gasteiger partial charge is 0.278 e. The van der Waals surface area contributed by atoms with Crippen LogP contribution in [0.15, 0.2) is 24.4 Å². The van der Waals surface area contributed by atoms with Crippen molar-refractivity contribution in [1.29, 1.82) is 0 Å². The maximum atomic E-state index is 13.1. The zero-order valence-electron chi connectivity index (χ0n) is 6.89. The summed E-state index contributed by atoms with van der Waals surface area (Å²) in [5, 5.41) is 6.85. The first-order chi connectivity index (χ1) is 6.68. The Bertz CT molecular complexity index is 454. The summed E-state index contributed by atoms with van der Waals surface area (Å²) in [6, 6.07) is 4.35. The van der Waals surface area contributed by atoms with E-state index < -0.39 is 5.82 Å². The van der Waals surface area contributed by atoms with E-state index in [1.165, 1.54) is 12.1 Å². The van der Waals surface area contributed by atoms with Crippen LogP contribution in [0.1, 0.15) is 0 Å². The lowest BCUT2D eigenvalue weighted by Crippen LogP contribution is -1.84. The molecule has 1 N–H and O–H groups in total. The van der Waals surface area contributed by atoms with E-state index in [-0.39, 0.29) is 5.02 Å².